The van der Waals surface area contributed by atoms with Gasteiger partial charge >= 0.3 is 6.03 Å². The molecule has 0 aromatic heterocycles. The molecular formula is C17H19N3O5. The van der Waals surface area contributed by atoms with Crippen LogP contribution in [0.1, 0.15) is 18.4 Å². The zero-order chi connectivity index (χ0) is 17.4. The number of piperidine rings is 1. The molecule has 4 rings (SSSR count). The molecule has 0 unspecified atom stereocenters. The van der Waals surface area contributed by atoms with Crippen LogP contribution in [0.5, 0.6) is 11.5 Å². The quantitative estimate of drug-likeness (QED) is 0.747. The number of amides is 4. The normalized spacial score (nSPS) is 21.0. The SMILES string of the molecule is O=C1NC(=O)C2(CCN(C(=O)Cc3ccc4c(c3)OCCO4)CC2)N1. The van der Waals surface area contributed by atoms with Crippen LogP contribution in [-0.4, -0.2) is 54.6 Å². The van der Waals surface area contributed by atoms with E-state index in [1.807, 2.05) is 18.2 Å². The van der Waals surface area contributed by atoms with Gasteiger partial charge in [0.05, 0.1) is 6.42 Å². The maximum absolute atomic E-state index is 12.6. The van der Waals surface area contributed by atoms with Crippen molar-refractivity contribution >= 4 is 17.8 Å². The zero-order valence-corrected chi connectivity index (χ0v) is 13.7. The summed E-state index contributed by atoms with van der Waals surface area (Å²) < 4.78 is 11.0. The van der Waals surface area contributed by atoms with E-state index in [0.29, 0.717) is 50.6 Å². The molecule has 0 saturated carbocycles. The van der Waals surface area contributed by atoms with Gasteiger partial charge in [-0.15, -0.1) is 0 Å². The van der Waals surface area contributed by atoms with E-state index in [9.17, 15) is 14.4 Å². The van der Waals surface area contributed by atoms with Gasteiger partial charge in [-0.05, 0) is 30.5 Å². The second-order valence-corrected chi connectivity index (χ2v) is 6.53. The van der Waals surface area contributed by atoms with E-state index in [0.717, 1.165) is 5.56 Å². The maximum Gasteiger partial charge on any atom is 0.322 e. The van der Waals surface area contributed by atoms with Crippen molar-refractivity contribution in [2.75, 3.05) is 26.3 Å². The van der Waals surface area contributed by atoms with Crippen molar-refractivity contribution in [3.8, 4) is 11.5 Å². The van der Waals surface area contributed by atoms with E-state index in [-0.39, 0.29) is 18.2 Å². The smallest absolute Gasteiger partial charge is 0.322 e. The molecule has 0 radical (unpaired) electrons. The number of carbonyl (C=O) groups excluding carboxylic acids is 3. The lowest BCUT2D eigenvalue weighted by atomic mass is 9.87. The molecule has 2 saturated heterocycles. The standard InChI is InChI=1S/C17H19N3O5/c21-14(10-11-1-2-12-13(9-11)25-8-7-24-12)20-5-3-17(4-6-20)15(22)18-16(23)19-17/h1-2,9H,3-8,10H2,(H2,18,19,22,23). The van der Waals surface area contributed by atoms with Crippen LogP contribution in [0.25, 0.3) is 0 Å². The molecule has 3 heterocycles. The fraction of sp³-hybridized carbons (Fsp3) is 0.471. The molecule has 2 fully saturated rings. The molecule has 1 spiro atoms. The Morgan fingerprint density at radius 2 is 1.84 bits per heavy atom. The second-order valence-electron chi connectivity index (χ2n) is 6.53. The molecule has 1 aromatic carbocycles. The van der Waals surface area contributed by atoms with Crippen molar-refractivity contribution in [2.24, 2.45) is 0 Å². The van der Waals surface area contributed by atoms with Gasteiger partial charge in [0.25, 0.3) is 5.91 Å². The highest BCUT2D eigenvalue weighted by molar-refractivity contribution is 6.07. The Hall–Kier alpha value is -2.77. The molecule has 132 valence electrons. The first-order chi connectivity index (χ1) is 12.1. The van der Waals surface area contributed by atoms with Gasteiger partial charge in [-0.25, -0.2) is 4.79 Å². The van der Waals surface area contributed by atoms with Gasteiger partial charge in [0.15, 0.2) is 11.5 Å². The minimum absolute atomic E-state index is 0.00346. The number of benzene rings is 1. The summed E-state index contributed by atoms with van der Waals surface area (Å²) in [6.07, 6.45) is 1.12. The van der Waals surface area contributed by atoms with Gasteiger partial charge in [-0.3, -0.25) is 14.9 Å². The van der Waals surface area contributed by atoms with Gasteiger partial charge in [-0.2, -0.15) is 0 Å². The van der Waals surface area contributed by atoms with Gasteiger partial charge in [0, 0.05) is 13.1 Å². The number of hydrogen-bond donors (Lipinski definition) is 2. The molecule has 3 aliphatic rings. The molecule has 1 aromatic rings. The van der Waals surface area contributed by atoms with E-state index in [4.69, 9.17) is 9.47 Å². The minimum atomic E-state index is -0.856. The van der Waals surface area contributed by atoms with E-state index in [1.54, 1.807) is 4.90 Å². The number of hydrogen-bond acceptors (Lipinski definition) is 5. The Morgan fingerprint density at radius 3 is 2.52 bits per heavy atom. The fourth-order valence-electron chi connectivity index (χ4n) is 3.50. The summed E-state index contributed by atoms with van der Waals surface area (Å²) in [5.74, 6) is 1.07. The lowest BCUT2D eigenvalue weighted by Crippen LogP contribution is -2.55. The largest absolute Gasteiger partial charge is 0.486 e. The molecule has 8 heteroatoms. The van der Waals surface area contributed by atoms with E-state index < -0.39 is 11.6 Å². The monoisotopic (exact) mass is 345 g/mol. The van der Waals surface area contributed by atoms with E-state index in [2.05, 4.69) is 10.6 Å². The first-order valence-corrected chi connectivity index (χ1v) is 8.36. The first-order valence-electron chi connectivity index (χ1n) is 8.36. The Morgan fingerprint density at radius 1 is 1.12 bits per heavy atom. The Kier molecular flexibility index (Phi) is 3.74. The summed E-state index contributed by atoms with van der Waals surface area (Å²) in [6, 6.07) is 5.06. The Balaban J connectivity index is 1.38. The van der Waals surface area contributed by atoms with Crippen LogP contribution in [0.15, 0.2) is 18.2 Å². The molecule has 0 bridgehead atoms. The maximum atomic E-state index is 12.6. The molecule has 3 aliphatic heterocycles. The van der Waals surface area contributed by atoms with Crippen LogP contribution in [0.2, 0.25) is 0 Å². The Bertz CT molecular complexity index is 740. The fourth-order valence-corrected chi connectivity index (χ4v) is 3.50. The zero-order valence-electron chi connectivity index (χ0n) is 13.7. The van der Waals surface area contributed by atoms with Crippen molar-refractivity contribution in [1.82, 2.24) is 15.5 Å². The number of ether oxygens (including phenoxy) is 2. The highest BCUT2D eigenvalue weighted by atomic mass is 16.6. The van der Waals surface area contributed by atoms with Crippen molar-refractivity contribution < 1.29 is 23.9 Å². The van der Waals surface area contributed by atoms with Crippen LogP contribution in [0.3, 0.4) is 0 Å². The molecule has 0 aliphatic carbocycles. The average molecular weight is 345 g/mol. The van der Waals surface area contributed by atoms with E-state index >= 15 is 0 Å². The second kappa shape index (κ2) is 5.94. The third-order valence-corrected chi connectivity index (χ3v) is 4.95. The molecule has 4 amide bonds. The third-order valence-electron chi connectivity index (χ3n) is 4.95. The predicted molar refractivity (Wildman–Crippen MR) is 86.4 cm³/mol. The number of rotatable bonds is 2. The lowest BCUT2D eigenvalue weighted by Gasteiger charge is -2.37. The highest BCUT2D eigenvalue weighted by Crippen LogP contribution is 2.31. The van der Waals surface area contributed by atoms with Crippen molar-refractivity contribution in [1.29, 1.82) is 0 Å². The summed E-state index contributed by atoms with van der Waals surface area (Å²) in [5.41, 5.74) is 0.00616. The summed E-state index contributed by atoms with van der Waals surface area (Å²) in [5, 5.41) is 4.97. The van der Waals surface area contributed by atoms with Gasteiger partial charge in [0.1, 0.15) is 18.8 Å². The summed E-state index contributed by atoms with van der Waals surface area (Å²) in [4.78, 5) is 37.6. The summed E-state index contributed by atoms with van der Waals surface area (Å²) in [6.45, 7) is 1.92. The number of fused-ring (bicyclic) bond motifs is 1. The topological polar surface area (TPSA) is 97.0 Å². The lowest BCUT2D eigenvalue weighted by molar-refractivity contribution is -0.135. The molecular weight excluding hydrogens is 326 g/mol. The van der Waals surface area contributed by atoms with Crippen molar-refractivity contribution in [2.45, 2.75) is 24.8 Å². The molecule has 25 heavy (non-hydrogen) atoms. The molecule has 8 nitrogen and oxygen atoms in total. The molecule has 0 atom stereocenters. The predicted octanol–water partition coefficient (Wildman–Crippen LogP) is 0.201. The van der Waals surface area contributed by atoms with Crippen LogP contribution < -0.4 is 20.1 Å². The van der Waals surface area contributed by atoms with Gasteiger partial charge in [-0.1, -0.05) is 6.07 Å². The Labute approximate surface area is 144 Å². The van der Waals surface area contributed by atoms with Crippen molar-refractivity contribution in [3.05, 3.63) is 23.8 Å². The number of nitrogens with zero attached hydrogens (tertiary/aromatic N) is 1. The number of nitrogens with one attached hydrogen (secondary N) is 2. The van der Waals surface area contributed by atoms with Crippen LogP contribution in [-0.2, 0) is 16.0 Å². The summed E-state index contributed by atoms with van der Waals surface area (Å²) in [7, 11) is 0. The van der Waals surface area contributed by atoms with Crippen LogP contribution in [0, 0.1) is 0 Å². The van der Waals surface area contributed by atoms with Crippen molar-refractivity contribution in [3.63, 3.8) is 0 Å². The van der Waals surface area contributed by atoms with Gasteiger partial charge in [0.2, 0.25) is 5.91 Å². The number of carbonyl (C=O) groups is 3. The first kappa shape index (κ1) is 15.7. The minimum Gasteiger partial charge on any atom is -0.486 e. The third kappa shape index (κ3) is 2.88. The van der Waals surface area contributed by atoms with E-state index in [1.165, 1.54) is 0 Å². The number of imide groups is 1. The number of likely N-dealkylation sites (tertiary alicyclic amines) is 1. The average Bonchev–Trinajstić information content (AvgIpc) is 2.88. The summed E-state index contributed by atoms with van der Waals surface area (Å²) >= 11 is 0. The van der Waals surface area contributed by atoms with Crippen LogP contribution >= 0.6 is 0 Å². The molecule has 2 N–H and O–H groups in total. The van der Waals surface area contributed by atoms with Crippen LogP contribution in [0.4, 0.5) is 4.79 Å². The highest BCUT2D eigenvalue weighted by Gasteiger charge is 2.48. The number of urea groups is 1. The van der Waals surface area contributed by atoms with Gasteiger partial charge < -0.3 is 19.7 Å².